The van der Waals surface area contributed by atoms with Gasteiger partial charge in [-0.05, 0) is 34.7 Å². The summed E-state index contributed by atoms with van der Waals surface area (Å²) in [6.45, 7) is 0. The van der Waals surface area contributed by atoms with E-state index >= 15 is 0 Å². The maximum Gasteiger partial charge on any atom is 0.223 e. The standard InChI is InChI=1S/C8H6IN5/c9-6-5(2-1-3-11-6)7-12-4-13-8(10)14-7/h1-4H,(H2,10,12,13,14). The van der Waals surface area contributed by atoms with E-state index in [-0.39, 0.29) is 5.95 Å². The number of pyridine rings is 1. The lowest BCUT2D eigenvalue weighted by Crippen LogP contribution is -1.99. The highest BCUT2D eigenvalue weighted by molar-refractivity contribution is 14.1. The number of nitrogens with two attached hydrogens (primary N) is 1. The topological polar surface area (TPSA) is 77.6 Å². The van der Waals surface area contributed by atoms with Gasteiger partial charge in [0.1, 0.15) is 10.0 Å². The Morgan fingerprint density at radius 1 is 1.21 bits per heavy atom. The number of rotatable bonds is 1. The number of aromatic nitrogens is 4. The highest BCUT2D eigenvalue weighted by Crippen LogP contribution is 2.18. The molecule has 0 aliphatic carbocycles. The average molecular weight is 299 g/mol. The molecule has 5 nitrogen and oxygen atoms in total. The molecule has 0 amide bonds. The zero-order valence-corrected chi connectivity index (χ0v) is 9.21. The second kappa shape index (κ2) is 3.82. The van der Waals surface area contributed by atoms with E-state index in [1.807, 2.05) is 12.1 Å². The third kappa shape index (κ3) is 1.79. The van der Waals surface area contributed by atoms with Crippen molar-refractivity contribution >= 4 is 28.5 Å². The van der Waals surface area contributed by atoms with E-state index < -0.39 is 0 Å². The Kier molecular flexibility index (Phi) is 2.53. The van der Waals surface area contributed by atoms with Crippen LogP contribution in [0.25, 0.3) is 11.4 Å². The average Bonchev–Trinajstić information content (AvgIpc) is 2.18. The molecule has 0 aliphatic heterocycles. The molecule has 2 rings (SSSR count). The Balaban J connectivity index is 2.55. The minimum absolute atomic E-state index is 0.217. The number of halogens is 1. The fourth-order valence-corrected chi connectivity index (χ4v) is 1.57. The van der Waals surface area contributed by atoms with E-state index in [0.29, 0.717) is 5.82 Å². The van der Waals surface area contributed by atoms with Gasteiger partial charge in [-0.15, -0.1) is 0 Å². The smallest absolute Gasteiger partial charge is 0.223 e. The van der Waals surface area contributed by atoms with Crippen molar-refractivity contribution in [2.24, 2.45) is 0 Å². The first-order valence-corrected chi connectivity index (χ1v) is 4.90. The number of nitrogen functional groups attached to an aromatic ring is 1. The van der Waals surface area contributed by atoms with Crippen molar-refractivity contribution in [3.05, 3.63) is 28.4 Å². The Bertz CT molecular complexity index is 459. The van der Waals surface area contributed by atoms with Crippen molar-refractivity contribution < 1.29 is 0 Å². The molecule has 0 fully saturated rings. The third-order valence-corrected chi connectivity index (χ3v) is 2.45. The molecular formula is C8H6IN5. The molecule has 0 atom stereocenters. The third-order valence-electron chi connectivity index (χ3n) is 1.59. The van der Waals surface area contributed by atoms with Gasteiger partial charge < -0.3 is 5.73 Å². The first kappa shape index (κ1) is 9.25. The van der Waals surface area contributed by atoms with Gasteiger partial charge in [0.25, 0.3) is 0 Å². The van der Waals surface area contributed by atoms with Crippen LogP contribution in [0.5, 0.6) is 0 Å². The minimum Gasteiger partial charge on any atom is -0.368 e. The predicted octanol–water partition coefficient (Wildman–Crippen LogP) is 1.12. The molecule has 14 heavy (non-hydrogen) atoms. The lowest BCUT2D eigenvalue weighted by atomic mass is 10.3. The Morgan fingerprint density at radius 3 is 2.79 bits per heavy atom. The maximum atomic E-state index is 5.46. The number of hydrogen-bond donors (Lipinski definition) is 1. The van der Waals surface area contributed by atoms with Gasteiger partial charge in [0.05, 0.1) is 5.56 Å². The van der Waals surface area contributed by atoms with Crippen molar-refractivity contribution in [1.82, 2.24) is 19.9 Å². The van der Waals surface area contributed by atoms with Gasteiger partial charge in [-0.1, -0.05) is 0 Å². The van der Waals surface area contributed by atoms with Gasteiger partial charge in [0.15, 0.2) is 5.82 Å². The highest BCUT2D eigenvalue weighted by Gasteiger charge is 2.06. The van der Waals surface area contributed by atoms with Crippen molar-refractivity contribution in [3.63, 3.8) is 0 Å². The van der Waals surface area contributed by atoms with E-state index in [1.165, 1.54) is 6.33 Å². The van der Waals surface area contributed by atoms with Crippen LogP contribution in [-0.2, 0) is 0 Å². The van der Waals surface area contributed by atoms with Gasteiger partial charge in [0.2, 0.25) is 5.95 Å². The van der Waals surface area contributed by atoms with Crippen LogP contribution in [0, 0.1) is 3.70 Å². The molecule has 2 aromatic rings. The van der Waals surface area contributed by atoms with Crippen LogP contribution in [-0.4, -0.2) is 19.9 Å². The molecule has 0 saturated heterocycles. The second-order valence-corrected chi connectivity index (χ2v) is 3.53. The molecule has 0 aromatic carbocycles. The zero-order valence-electron chi connectivity index (χ0n) is 7.05. The van der Waals surface area contributed by atoms with Crippen molar-refractivity contribution in [3.8, 4) is 11.4 Å². The summed E-state index contributed by atoms with van der Waals surface area (Å²) in [6, 6.07) is 3.72. The van der Waals surface area contributed by atoms with E-state index in [2.05, 4.69) is 42.5 Å². The van der Waals surface area contributed by atoms with E-state index in [0.717, 1.165) is 9.26 Å². The molecule has 0 aliphatic rings. The van der Waals surface area contributed by atoms with Crippen LogP contribution in [0.15, 0.2) is 24.7 Å². The fraction of sp³-hybridized carbons (Fsp3) is 0. The monoisotopic (exact) mass is 299 g/mol. The molecule has 0 radical (unpaired) electrons. The predicted molar refractivity (Wildman–Crippen MR) is 60.2 cm³/mol. The summed E-state index contributed by atoms with van der Waals surface area (Å²) < 4.78 is 0.843. The Labute approximate surface area is 94.0 Å². The van der Waals surface area contributed by atoms with E-state index in [1.54, 1.807) is 6.20 Å². The fourth-order valence-electron chi connectivity index (χ4n) is 0.992. The van der Waals surface area contributed by atoms with Crippen molar-refractivity contribution in [2.75, 3.05) is 5.73 Å². The van der Waals surface area contributed by atoms with Crippen LogP contribution in [0.2, 0.25) is 0 Å². The van der Waals surface area contributed by atoms with Gasteiger partial charge in [-0.2, -0.15) is 4.98 Å². The minimum atomic E-state index is 0.217. The van der Waals surface area contributed by atoms with E-state index in [9.17, 15) is 0 Å². The van der Waals surface area contributed by atoms with Gasteiger partial charge >= 0.3 is 0 Å². The molecule has 2 aromatic heterocycles. The molecule has 2 N–H and O–H groups in total. The second-order valence-electron chi connectivity index (χ2n) is 2.51. The highest BCUT2D eigenvalue weighted by atomic mass is 127. The van der Waals surface area contributed by atoms with Gasteiger partial charge in [-0.25, -0.2) is 15.0 Å². The maximum absolute atomic E-state index is 5.46. The van der Waals surface area contributed by atoms with Crippen LogP contribution in [0.4, 0.5) is 5.95 Å². The molecule has 0 spiro atoms. The summed E-state index contributed by atoms with van der Waals surface area (Å²) in [7, 11) is 0. The normalized spacial score (nSPS) is 10.1. The summed E-state index contributed by atoms with van der Waals surface area (Å²) in [6.07, 6.45) is 3.11. The van der Waals surface area contributed by atoms with Gasteiger partial charge in [0, 0.05) is 6.20 Å². The van der Waals surface area contributed by atoms with Crippen LogP contribution >= 0.6 is 22.6 Å². The quantitative estimate of drug-likeness (QED) is 0.630. The van der Waals surface area contributed by atoms with Crippen molar-refractivity contribution in [2.45, 2.75) is 0 Å². The number of hydrogen-bond acceptors (Lipinski definition) is 5. The van der Waals surface area contributed by atoms with Crippen LogP contribution < -0.4 is 5.73 Å². The molecule has 2 heterocycles. The number of anilines is 1. The van der Waals surface area contributed by atoms with Crippen molar-refractivity contribution in [1.29, 1.82) is 0 Å². The summed E-state index contributed by atoms with van der Waals surface area (Å²) in [5, 5.41) is 0. The summed E-state index contributed by atoms with van der Waals surface area (Å²) in [4.78, 5) is 15.9. The summed E-state index contributed by atoms with van der Waals surface area (Å²) in [5.74, 6) is 0.768. The molecular weight excluding hydrogens is 293 g/mol. The first-order valence-electron chi connectivity index (χ1n) is 3.83. The zero-order chi connectivity index (χ0) is 9.97. The molecule has 0 bridgehead atoms. The van der Waals surface area contributed by atoms with Crippen LogP contribution in [0.3, 0.4) is 0 Å². The lowest BCUT2D eigenvalue weighted by molar-refractivity contribution is 1.06. The SMILES string of the molecule is Nc1ncnc(-c2cccnc2I)n1. The first-order chi connectivity index (χ1) is 6.77. The Hall–Kier alpha value is -1.31. The molecule has 6 heteroatoms. The largest absolute Gasteiger partial charge is 0.368 e. The lowest BCUT2D eigenvalue weighted by Gasteiger charge is -2.00. The molecule has 0 saturated carbocycles. The number of nitrogens with zero attached hydrogens (tertiary/aromatic N) is 4. The summed E-state index contributed by atoms with van der Waals surface area (Å²) in [5.41, 5.74) is 6.32. The Morgan fingerprint density at radius 2 is 2.07 bits per heavy atom. The van der Waals surface area contributed by atoms with Crippen LogP contribution in [0.1, 0.15) is 0 Å². The van der Waals surface area contributed by atoms with E-state index in [4.69, 9.17) is 5.73 Å². The summed E-state index contributed by atoms with van der Waals surface area (Å²) >= 11 is 2.12. The van der Waals surface area contributed by atoms with Gasteiger partial charge in [-0.3, -0.25) is 0 Å². The molecule has 70 valence electrons. The molecule has 0 unspecified atom stereocenters.